The fourth-order valence-electron chi connectivity index (χ4n) is 4.58. The van der Waals surface area contributed by atoms with Crippen LogP contribution in [0, 0.1) is 25.1 Å². The summed E-state index contributed by atoms with van der Waals surface area (Å²) in [6.45, 7) is 3.31. The maximum atomic E-state index is 14.6. The first-order chi connectivity index (χ1) is 18.3. The van der Waals surface area contributed by atoms with Crippen LogP contribution in [0.15, 0.2) is 33.5 Å². The smallest absolute Gasteiger partial charge is 0.349 e. The highest BCUT2D eigenvalue weighted by Gasteiger charge is 2.27. The van der Waals surface area contributed by atoms with Crippen molar-refractivity contribution in [1.82, 2.24) is 9.97 Å². The number of phenols is 1. The zero-order chi connectivity index (χ0) is 27.0. The number of benzene rings is 2. The lowest BCUT2D eigenvalue weighted by molar-refractivity contribution is -0.137. The summed E-state index contributed by atoms with van der Waals surface area (Å²) in [4.78, 5) is 35.0. The van der Waals surface area contributed by atoms with Gasteiger partial charge in [0.25, 0.3) is 0 Å². The monoisotopic (exact) mass is 517 g/mol. The minimum absolute atomic E-state index is 0.0195. The van der Waals surface area contributed by atoms with Gasteiger partial charge in [-0.05, 0) is 49.8 Å². The van der Waals surface area contributed by atoms with Crippen molar-refractivity contribution in [3.05, 3.63) is 51.6 Å². The Bertz CT molecular complexity index is 1690. The largest absolute Gasteiger partial charge is 0.508 e. The molecular weight excluding hydrogens is 493 g/mol. The third-order valence-electron chi connectivity index (χ3n) is 6.58. The summed E-state index contributed by atoms with van der Waals surface area (Å²) in [5.74, 6) is 1.23. The van der Waals surface area contributed by atoms with Crippen molar-refractivity contribution in [2.45, 2.75) is 32.6 Å². The highest BCUT2D eigenvalue weighted by Crippen LogP contribution is 2.39. The van der Waals surface area contributed by atoms with E-state index in [1.165, 1.54) is 24.3 Å². The number of carboxylic acids is 1. The van der Waals surface area contributed by atoms with Crippen molar-refractivity contribution < 1.29 is 28.6 Å². The maximum Gasteiger partial charge on any atom is 0.349 e. The number of ether oxygens (including phenoxy) is 1. The second kappa shape index (κ2) is 10.0. The number of anilines is 1. The van der Waals surface area contributed by atoms with Crippen LogP contribution < -0.4 is 15.3 Å². The number of hydrogen-bond acceptors (Lipinski definition) is 8. The van der Waals surface area contributed by atoms with E-state index in [-0.39, 0.29) is 47.1 Å². The number of phenolic OH excluding ortho intramolecular Hbond substituents is 1. The first kappa shape index (κ1) is 25.0. The summed E-state index contributed by atoms with van der Waals surface area (Å²) in [6.07, 6.45) is 7.52. The van der Waals surface area contributed by atoms with E-state index in [9.17, 15) is 19.1 Å². The Labute approximate surface area is 216 Å². The molecule has 0 unspecified atom stereocenters. The number of carbonyl (C=O) groups is 1. The van der Waals surface area contributed by atoms with Gasteiger partial charge in [-0.1, -0.05) is 12.0 Å². The highest BCUT2D eigenvalue weighted by atomic mass is 19.1. The number of halogens is 1. The highest BCUT2D eigenvalue weighted by molar-refractivity contribution is 6.03. The molecule has 1 saturated heterocycles. The Balaban J connectivity index is 1.69. The predicted molar refractivity (Wildman–Crippen MR) is 139 cm³/mol. The second-order valence-electron chi connectivity index (χ2n) is 9.10. The molecule has 9 nitrogen and oxygen atoms in total. The topological polar surface area (TPSA) is 126 Å². The number of aliphatic carboxylic acids is 1. The summed E-state index contributed by atoms with van der Waals surface area (Å²) in [5, 5.41) is 20.2. The Morgan fingerprint density at radius 2 is 2.03 bits per heavy atom. The second-order valence-corrected chi connectivity index (χ2v) is 9.10. The molecule has 2 aromatic heterocycles. The lowest BCUT2D eigenvalue weighted by Crippen LogP contribution is -2.38. The van der Waals surface area contributed by atoms with Gasteiger partial charge in [0.1, 0.15) is 22.7 Å². The Kier molecular flexibility index (Phi) is 6.59. The maximum absolute atomic E-state index is 14.6. The van der Waals surface area contributed by atoms with E-state index in [1.807, 2.05) is 4.90 Å². The number of aromatic nitrogens is 2. The van der Waals surface area contributed by atoms with Gasteiger partial charge in [0, 0.05) is 36.0 Å². The van der Waals surface area contributed by atoms with Crippen LogP contribution in [-0.4, -0.2) is 45.8 Å². The fraction of sp³-hybridized carbons (Fsp3) is 0.286. The lowest BCUT2D eigenvalue weighted by atomic mass is 9.95. The first-order valence-corrected chi connectivity index (χ1v) is 12.2. The van der Waals surface area contributed by atoms with E-state index in [0.29, 0.717) is 53.6 Å². The molecule has 0 saturated carbocycles. The van der Waals surface area contributed by atoms with Crippen molar-refractivity contribution in [2.75, 3.05) is 24.6 Å². The van der Waals surface area contributed by atoms with Crippen molar-refractivity contribution in [3.8, 4) is 35.4 Å². The van der Waals surface area contributed by atoms with E-state index in [4.69, 9.17) is 20.7 Å². The van der Waals surface area contributed by atoms with E-state index < -0.39 is 17.4 Å². The molecule has 3 heterocycles. The molecule has 0 amide bonds. The Morgan fingerprint density at radius 3 is 2.71 bits per heavy atom. The van der Waals surface area contributed by atoms with Gasteiger partial charge in [0.2, 0.25) is 0 Å². The van der Waals surface area contributed by atoms with Crippen LogP contribution in [0.5, 0.6) is 11.8 Å². The molecule has 2 aromatic carbocycles. The van der Waals surface area contributed by atoms with E-state index in [2.05, 4.69) is 15.9 Å². The molecule has 0 radical (unpaired) electrons. The summed E-state index contributed by atoms with van der Waals surface area (Å²) < 4.78 is 26.2. The normalized spacial score (nSPS) is 12.9. The molecule has 38 heavy (non-hydrogen) atoms. The van der Waals surface area contributed by atoms with E-state index in [0.717, 1.165) is 6.42 Å². The summed E-state index contributed by atoms with van der Waals surface area (Å²) in [7, 11) is 0. The third-order valence-corrected chi connectivity index (χ3v) is 6.58. The molecule has 4 aromatic rings. The van der Waals surface area contributed by atoms with Gasteiger partial charge in [0.05, 0.1) is 17.7 Å². The number of carboxylic acid groups (broad SMARTS) is 1. The standard InChI is InChI=1S/C28H24FN3O6/c1-3-18-20(29)9-8-16-13-17(33)14-19(22(16)18)25-15(2)24-23(27(36)38-25)26(32-10-6-11-32)31-28(30-24)37-12-5-4-7-21(34)35/h1,8-9,13-14,33H,4-7,10-12H2,2H3,(H,34,35). The van der Waals surface area contributed by atoms with Gasteiger partial charge in [-0.2, -0.15) is 9.97 Å². The summed E-state index contributed by atoms with van der Waals surface area (Å²) in [6, 6.07) is 5.58. The van der Waals surface area contributed by atoms with Crippen LogP contribution >= 0.6 is 0 Å². The van der Waals surface area contributed by atoms with Gasteiger partial charge in [0.15, 0.2) is 5.82 Å². The number of nitrogens with zero attached hydrogens (tertiary/aromatic N) is 3. The molecule has 0 aliphatic carbocycles. The number of hydrogen-bond donors (Lipinski definition) is 2. The molecule has 0 spiro atoms. The molecule has 5 rings (SSSR count). The van der Waals surface area contributed by atoms with Crippen LogP contribution in [-0.2, 0) is 4.79 Å². The Hall–Kier alpha value is -4.65. The fourth-order valence-corrected chi connectivity index (χ4v) is 4.58. The zero-order valence-electron chi connectivity index (χ0n) is 20.6. The van der Waals surface area contributed by atoms with Crippen molar-refractivity contribution >= 4 is 33.5 Å². The van der Waals surface area contributed by atoms with Crippen LogP contribution in [0.25, 0.3) is 33.0 Å². The molecule has 1 fully saturated rings. The molecular formula is C28H24FN3O6. The lowest BCUT2D eigenvalue weighted by Gasteiger charge is -2.32. The first-order valence-electron chi connectivity index (χ1n) is 12.2. The number of rotatable bonds is 8. The minimum Gasteiger partial charge on any atom is -0.508 e. The summed E-state index contributed by atoms with van der Waals surface area (Å²) >= 11 is 0. The number of terminal acetylenes is 1. The predicted octanol–water partition coefficient (Wildman–Crippen LogP) is 4.38. The average molecular weight is 518 g/mol. The molecule has 0 atom stereocenters. The molecule has 2 N–H and O–H groups in total. The molecule has 1 aliphatic rings. The SMILES string of the molecule is C#Cc1c(F)ccc2cc(O)cc(-c3oc(=O)c4c(N5CCC5)nc(OCCCCC(=O)O)nc4c3C)c12. The molecule has 1 aliphatic heterocycles. The van der Waals surface area contributed by atoms with Gasteiger partial charge < -0.3 is 24.3 Å². The van der Waals surface area contributed by atoms with Crippen LogP contribution in [0.1, 0.15) is 36.8 Å². The number of fused-ring (bicyclic) bond motifs is 2. The minimum atomic E-state index is -0.880. The van der Waals surface area contributed by atoms with Crippen molar-refractivity contribution in [2.24, 2.45) is 0 Å². The van der Waals surface area contributed by atoms with E-state index >= 15 is 0 Å². The molecule has 10 heteroatoms. The third kappa shape index (κ3) is 4.47. The van der Waals surface area contributed by atoms with Gasteiger partial charge >= 0.3 is 17.6 Å². The zero-order valence-corrected chi connectivity index (χ0v) is 20.6. The van der Waals surface area contributed by atoms with Crippen LogP contribution in [0.4, 0.5) is 10.2 Å². The molecule has 0 bridgehead atoms. The average Bonchev–Trinajstić information content (AvgIpc) is 2.84. The quantitative estimate of drug-likeness (QED) is 0.259. The number of aromatic hydroxyl groups is 1. The summed E-state index contributed by atoms with van der Waals surface area (Å²) in [5.41, 5.74) is 0.298. The van der Waals surface area contributed by atoms with Crippen LogP contribution in [0.3, 0.4) is 0 Å². The number of unbranched alkanes of at least 4 members (excludes halogenated alkanes) is 1. The number of aryl methyl sites for hydroxylation is 1. The van der Waals surface area contributed by atoms with Gasteiger partial charge in [-0.15, -0.1) is 6.42 Å². The van der Waals surface area contributed by atoms with Crippen molar-refractivity contribution in [1.29, 1.82) is 0 Å². The van der Waals surface area contributed by atoms with Gasteiger partial charge in [-0.3, -0.25) is 4.79 Å². The van der Waals surface area contributed by atoms with Crippen molar-refractivity contribution in [3.63, 3.8) is 0 Å². The molecule has 194 valence electrons. The van der Waals surface area contributed by atoms with Crippen LogP contribution in [0.2, 0.25) is 0 Å². The Morgan fingerprint density at radius 1 is 1.24 bits per heavy atom. The van der Waals surface area contributed by atoms with Gasteiger partial charge in [-0.25, -0.2) is 9.18 Å². The van der Waals surface area contributed by atoms with E-state index in [1.54, 1.807) is 6.92 Å².